The van der Waals surface area contributed by atoms with Gasteiger partial charge in [0.1, 0.15) is 0 Å². The summed E-state index contributed by atoms with van der Waals surface area (Å²) >= 11 is 1.80. The molecule has 0 bridgehead atoms. The quantitative estimate of drug-likeness (QED) is 0.897. The molecule has 0 unspecified atom stereocenters. The van der Waals surface area contributed by atoms with Gasteiger partial charge >= 0.3 is 5.97 Å². The molecule has 2 nitrogen and oxygen atoms in total. The summed E-state index contributed by atoms with van der Waals surface area (Å²) in [5.41, 5.74) is 4.56. The zero-order chi connectivity index (χ0) is 13.9. The third-order valence-electron chi connectivity index (χ3n) is 3.35. The molecule has 3 heteroatoms. The second-order valence-corrected chi connectivity index (χ2v) is 5.67. The molecular formula is C17H14O2S. The topological polar surface area (TPSA) is 37.3 Å². The van der Waals surface area contributed by atoms with Crippen LogP contribution in [0.5, 0.6) is 0 Å². The van der Waals surface area contributed by atoms with Crippen LogP contribution in [-0.2, 0) is 10.5 Å². The fourth-order valence-electron chi connectivity index (χ4n) is 2.43. The van der Waals surface area contributed by atoms with Gasteiger partial charge < -0.3 is 5.11 Å². The van der Waals surface area contributed by atoms with Gasteiger partial charge in [-0.3, -0.25) is 4.79 Å². The zero-order valence-electron chi connectivity index (χ0n) is 10.9. The molecule has 2 aromatic carbocycles. The van der Waals surface area contributed by atoms with E-state index >= 15 is 0 Å². The molecule has 0 amide bonds. The lowest BCUT2D eigenvalue weighted by atomic mass is 9.93. The van der Waals surface area contributed by atoms with Gasteiger partial charge in [-0.2, -0.15) is 0 Å². The van der Waals surface area contributed by atoms with Crippen LogP contribution < -0.4 is 0 Å². The average Bonchev–Trinajstić information content (AvgIpc) is 2.62. The first-order valence-electron chi connectivity index (χ1n) is 6.48. The molecule has 100 valence electrons. The smallest absolute Gasteiger partial charge is 0.307 e. The molecule has 1 aliphatic rings. The molecule has 0 fully saturated rings. The van der Waals surface area contributed by atoms with Gasteiger partial charge in [0.15, 0.2) is 0 Å². The van der Waals surface area contributed by atoms with Crippen molar-refractivity contribution in [3.05, 3.63) is 71.3 Å². The number of thioether (sulfide) groups is 1. The number of benzene rings is 2. The van der Waals surface area contributed by atoms with Crippen molar-refractivity contribution in [2.75, 3.05) is 0 Å². The Morgan fingerprint density at radius 1 is 1.10 bits per heavy atom. The Labute approximate surface area is 122 Å². The highest BCUT2D eigenvalue weighted by Gasteiger charge is 2.17. The molecule has 0 saturated heterocycles. The summed E-state index contributed by atoms with van der Waals surface area (Å²) < 4.78 is 0. The fraction of sp³-hybridized carbons (Fsp3) is 0.118. The van der Waals surface area contributed by atoms with Gasteiger partial charge in [-0.15, -0.1) is 11.8 Å². The Bertz CT molecular complexity index is 639. The molecule has 2 aromatic rings. The van der Waals surface area contributed by atoms with Crippen LogP contribution in [0, 0.1) is 0 Å². The summed E-state index contributed by atoms with van der Waals surface area (Å²) in [6, 6.07) is 16.4. The van der Waals surface area contributed by atoms with Crippen molar-refractivity contribution in [1.82, 2.24) is 0 Å². The predicted octanol–water partition coefficient (Wildman–Crippen LogP) is 4.20. The van der Waals surface area contributed by atoms with E-state index in [0.29, 0.717) is 0 Å². The minimum Gasteiger partial charge on any atom is -0.481 e. The summed E-state index contributed by atoms with van der Waals surface area (Å²) in [4.78, 5) is 12.1. The number of carboxylic acids is 1. The Kier molecular flexibility index (Phi) is 3.61. The van der Waals surface area contributed by atoms with Crippen molar-refractivity contribution in [1.29, 1.82) is 0 Å². The Hall–Kier alpha value is -2.00. The molecule has 0 atom stereocenters. The molecule has 0 radical (unpaired) electrons. The molecule has 0 saturated carbocycles. The van der Waals surface area contributed by atoms with Crippen LogP contribution in [0.1, 0.15) is 23.1 Å². The lowest BCUT2D eigenvalue weighted by Gasteiger charge is -2.10. The van der Waals surface area contributed by atoms with E-state index in [1.165, 1.54) is 10.5 Å². The number of hydrogen-bond acceptors (Lipinski definition) is 2. The monoisotopic (exact) mass is 282 g/mol. The normalized spacial score (nSPS) is 15.3. The molecular weight excluding hydrogens is 268 g/mol. The van der Waals surface area contributed by atoms with Gasteiger partial charge in [-0.05, 0) is 28.3 Å². The standard InChI is InChI=1S/C17H14O2S/c18-17(19)10-9-14-13-6-2-1-5-12(13)11-20-16-8-4-3-7-15(14)16/h1-9H,10-11H2,(H,18,19)/b14-9-. The highest BCUT2D eigenvalue weighted by Crippen LogP contribution is 2.39. The molecule has 1 aliphatic heterocycles. The summed E-state index contributed by atoms with van der Waals surface area (Å²) in [5, 5.41) is 8.96. The van der Waals surface area contributed by atoms with Crippen molar-refractivity contribution in [2.45, 2.75) is 17.1 Å². The molecule has 1 heterocycles. The minimum atomic E-state index is -0.802. The summed E-state index contributed by atoms with van der Waals surface area (Å²) in [6.45, 7) is 0. The summed E-state index contributed by atoms with van der Waals surface area (Å²) in [7, 11) is 0. The summed E-state index contributed by atoms with van der Waals surface area (Å²) in [6.07, 6.45) is 1.87. The molecule has 0 aromatic heterocycles. The van der Waals surface area contributed by atoms with Crippen LogP contribution in [0.15, 0.2) is 59.5 Å². The highest BCUT2D eigenvalue weighted by atomic mass is 32.2. The molecule has 0 aliphatic carbocycles. The maximum atomic E-state index is 10.9. The lowest BCUT2D eigenvalue weighted by Crippen LogP contribution is -1.95. The van der Waals surface area contributed by atoms with Gasteiger partial charge in [0.05, 0.1) is 6.42 Å². The van der Waals surface area contributed by atoms with E-state index in [1.54, 1.807) is 11.8 Å². The van der Waals surface area contributed by atoms with E-state index in [4.69, 9.17) is 5.11 Å². The van der Waals surface area contributed by atoms with Gasteiger partial charge in [-0.25, -0.2) is 0 Å². The van der Waals surface area contributed by atoms with Gasteiger partial charge in [-0.1, -0.05) is 48.5 Å². The van der Waals surface area contributed by atoms with Crippen LogP contribution in [0.25, 0.3) is 5.57 Å². The Morgan fingerprint density at radius 3 is 2.60 bits per heavy atom. The van der Waals surface area contributed by atoms with Gasteiger partial charge in [0, 0.05) is 10.6 Å². The summed E-state index contributed by atoms with van der Waals surface area (Å²) in [5.74, 6) is 0.113. The third kappa shape index (κ3) is 2.49. The van der Waals surface area contributed by atoms with E-state index in [0.717, 1.165) is 22.5 Å². The van der Waals surface area contributed by atoms with Gasteiger partial charge in [0.2, 0.25) is 0 Å². The number of hydrogen-bond donors (Lipinski definition) is 1. The molecule has 0 spiro atoms. The third-order valence-corrected chi connectivity index (χ3v) is 4.47. The maximum Gasteiger partial charge on any atom is 0.307 e. The van der Waals surface area contributed by atoms with Crippen molar-refractivity contribution in [2.24, 2.45) is 0 Å². The second-order valence-electron chi connectivity index (χ2n) is 4.66. The predicted molar refractivity (Wildman–Crippen MR) is 81.8 cm³/mol. The number of carbonyl (C=O) groups is 1. The van der Waals surface area contributed by atoms with Crippen molar-refractivity contribution < 1.29 is 9.90 Å². The van der Waals surface area contributed by atoms with E-state index in [2.05, 4.69) is 24.3 Å². The van der Waals surface area contributed by atoms with Crippen molar-refractivity contribution in [3.63, 3.8) is 0 Å². The van der Waals surface area contributed by atoms with Crippen LogP contribution in [0.4, 0.5) is 0 Å². The Balaban J connectivity index is 2.19. The molecule has 20 heavy (non-hydrogen) atoms. The number of fused-ring (bicyclic) bond motifs is 2. The second kappa shape index (κ2) is 5.55. The van der Waals surface area contributed by atoms with Crippen LogP contribution in [0.2, 0.25) is 0 Å². The average molecular weight is 282 g/mol. The van der Waals surface area contributed by atoms with Crippen LogP contribution >= 0.6 is 11.8 Å². The van der Waals surface area contributed by atoms with Crippen molar-refractivity contribution >= 4 is 23.3 Å². The highest BCUT2D eigenvalue weighted by molar-refractivity contribution is 7.98. The molecule has 3 rings (SSSR count). The van der Waals surface area contributed by atoms with E-state index in [-0.39, 0.29) is 6.42 Å². The Morgan fingerprint density at radius 2 is 1.80 bits per heavy atom. The first kappa shape index (κ1) is 13.0. The zero-order valence-corrected chi connectivity index (χ0v) is 11.7. The van der Waals surface area contributed by atoms with E-state index in [1.807, 2.05) is 30.3 Å². The first-order chi connectivity index (χ1) is 9.75. The largest absolute Gasteiger partial charge is 0.481 e. The lowest BCUT2D eigenvalue weighted by molar-refractivity contribution is -0.135. The van der Waals surface area contributed by atoms with Gasteiger partial charge in [0.25, 0.3) is 0 Å². The SMILES string of the molecule is O=C(O)C/C=C1/c2ccccc2CSc2ccccc21. The molecule has 1 N–H and O–H groups in total. The maximum absolute atomic E-state index is 10.9. The first-order valence-corrected chi connectivity index (χ1v) is 7.46. The van der Waals surface area contributed by atoms with E-state index < -0.39 is 5.97 Å². The van der Waals surface area contributed by atoms with Crippen molar-refractivity contribution in [3.8, 4) is 0 Å². The fourth-order valence-corrected chi connectivity index (χ4v) is 3.50. The van der Waals surface area contributed by atoms with Crippen LogP contribution in [-0.4, -0.2) is 11.1 Å². The van der Waals surface area contributed by atoms with Crippen LogP contribution in [0.3, 0.4) is 0 Å². The number of aliphatic carboxylic acids is 1. The van der Waals surface area contributed by atoms with E-state index in [9.17, 15) is 4.79 Å². The number of rotatable bonds is 2. The number of carboxylic acid groups (broad SMARTS) is 1. The minimum absolute atomic E-state index is 0.0443.